The Hall–Kier alpha value is -1.68. The molecule has 0 aliphatic heterocycles. The second-order valence-electron chi connectivity index (χ2n) is 4.01. The van der Waals surface area contributed by atoms with Gasteiger partial charge < -0.3 is 10.2 Å². The van der Waals surface area contributed by atoms with Gasteiger partial charge in [-0.25, -0.2) is 9.37 Å². The van der Waals surface area contributed by atoms with Crippen LogP contribution in [0, 0.1) is 19.7 Å². The summed E-state index contributed by atoms with van der Waals surface area (Å²) >= 11 is 0. The Kier molecular flexibility index (Phi) is 3.24. The van der Waals surface area contributed by atoms with Crippen LogP contribution < -0.4 is 5.73 Å². The van der Waals surface area contributed by atoms with Gasteiger partial charge in [-0.2, -0.15) is 0 Å². The highest BCUT2D eigenvalue weighted by Crippen LogP contribution is 2.25. The summed E-state index contributed by atoms with van der Waals surface area (Å²) in [6, 6.07) is 4.92. The third kappa shape index (κ3) is 2.36. The lowest BCUT2D eigenvalue weighted by molar-refractivity contribution is 0.476. The molecule has 2 rings (SSSR count). The van der Waals surface area contributed by atoms with Crippen molar-refractivity contribution in [2.75, 3.05) is 6.54 Å². The monoisotopic (exact) mass is 234 g/mol. The van der Waals surface area contributed by atoms with E-state index in [4.69, 9.17) is 10.2 Å². The molecule has 90 valence electrons. The zero-order valence-electron chi connectivity index (χ0n) is 9.96. The van der Waals surface area contributed by atoms with Gasteiger partial charge in [0.1, 0.15) is 17.3 Å². The highest BCUT2D eigenvalue weighted by Gasteiger charge is 2.13. The topological polar surface area (TPSA) is 52.0 Å². The quantitative estimate of drug-likeness (QED) is 0.888. The minimum absolute atomic E-state index is 0.214. The third-order valence-electron chi connectivity index (χ3n) is 2.61. The van der Waals surface area contributed by atoms with E-state index < -0.39 is 0 Å². The van der Waals surface area contributed by atoms with Gasteiger partial charge in [-0.1, -0.05) is 0 Å². The Balaban J connectivity index is 2.47. The largest absolute Gasteiger partial charge is 0.445 e. The number of benzene rings is 1. The fourth-order valence-corrected chi connectivity index (χ4v) is 1.79. The van der Waals surface area contributed by atoms with Crippen LogP contribution >= 0.6 is 0 Å². The minimum atomic E-state index is -0.214. The molecule has 0 atom stereocenters. The molecule has 2 aromatic rings. The van der Waals surface area contributed by atoms with Crippen molar-refractivity contribution in [2.45, 2.75) is 20.3 Å². The Bertz CT molecular complexity index is 534. The van der Waals surface area contributed by atoms with Gasteiger partial charge in [0.05, 0.1) is 0 Å². The standard InChI is InChI=1S/C13H15FN2O/c1-8-7-10(3-4-11(8)14)13-12(5-6-15)17-9(2)16-13/h3-4,7H,5-6,15H2,1-2H3. The van der Waals surface area contributed by atoms with Crippen molar-refractivity contribution in [3.05, 3.63) is 41.2 Å². The molecule has 0 aliphatic rings. The zero-order chi connectivity index (χ0) is 12.4. The lowest BCUT2D eigenvalue weighted by atomic mass is 10.1. The van der Waals surface area contributed by atoms with Gasteiger partial charge in [0, 0.05) is 18.9 Å². The summed E-state index contributed by atoms with van der Waals surface area (Å²) in [6.07, 6.45) is 0.632. The summed E-state index contributed by atoms with van der Waals surface area (Å²) in [5.74, 6) is 1.15. The molecule has 1 heterocycles. The summed E-state index contributed by atoms with van der Waals surface area (Å²) in [6.45, 7) is 4.02. The van der Waals surface area contributed by atoms with Crippen LogP contribution in [0.1, 0.15) is 17.2 Å². The number of aromatic nitrogens is 1. The molecule has 0 spiro atoms. The Morgan fingerprint density at radius 2 is 2.12 bits per heavy atom. The van der Waals surface area contributed by atoms with Crippen LogP contribution in [0.3, 0.4) is 0 Å². The molecule has 0 fully saturated rings. The van der Waals surface area contributed by atoms with Crippen LogP contribution in [0.15, 0.2) is 22.6 Å². The lowest BCUT2D eigenvalue weighted by Gasteiger charge is -2.02. The first-order valence-corrected chi connectivity index (χ1v) is 5.54. The molecule has 0 unspecified atom stereocenters. The minimum Gasteiger partial charge on any atom is -0.445 e. The Morgan fingerprint density at radius 3 is 2.76 bits per heavy atom. The number of nitrogens with zero attached hydrogens (tertiary/aromatic N) is 1. The molecule has 0 saturated heterocycles. The maximum Gasteiger partial charge on any atom is 0.191 e. The van der Waals surface area contributed by atoms with Crippen molar-refractivity contribution in [2.24, 2.45) is 5.73 Å². The second-order valence-corrected chi connectivity index (χ2v) is 4.01. The van der Waals surface area contributed by atoms with Crippen molar-refractivity contribution < 1.29 is 8.81 Å². The van der Waals surface area contributed by atoms with Gasteiger partial charge >= 0.3 is 0 Å². The molecule has 2 N–H and O–H groups in total. The molecule has 4 heteroatoms. The number of oxazole rings is 1. The average Bonchev–Trinajstić information content (AvgIpc) is 2.64. The summed E-state index contributed by atoms with van der Waals surface area (Å²) in [4.78, 5) is 4.33. The highest BCUT2D eigenvalue weighted by molar-refractivity contribution is 5.62. The van der Waals surface area contributed by atoms with E-state index in [1.54, 1.807) is 26.0 Å². The van der Waals surface area contributed by atoms with Crippen LogP contribution in [0.2, 0.25) is 0 Å². The van der Waals surface area contributed by atoms with Gasteiger partial charge in [0.15, 0.2) is 5.89 Å². The average molecular weight is 234 g/mol. The summed E-state index contributed by atoms with van der Waals surface area (Å²) in [7, 11) is 0. The van der Waals surface area contributed by atoms with Crippen molar-refractivity contribution in [3.8, 4) is 11.3 Å². The Morgan fingerprint density at radius 1 is 1.35 bits per heavy atom. The molecule has 0 radical (unpaired) electrons. The van der Waals surface area contributed by atoms with E-state index in [0.29, 0.717) is 24.4 Å². The van der Waals surface area contributed by atoms with Gasteiger partial charge in [-0.05, 0) is 37.2 Å². The van der Waals surface area contributed by atoms with E-state index >= 15 is 0 Å². The molecule has 0 aliphatic carbocycles. The van der Waals surface area contributed by atoms with Gasteiger partial charge in [-0.15, -0.1) is 0 Å². The second kappa shape index (κ2) is 4.67. The number of halogens is 1. The first-order chi connectivity index (χ1) is 8.11. The van der Waals surface area contributed by atoms with E-state index in [0.717, 1.165) is 17.0 Å². The molecule has 0 saturated carbocycles. The van der Waals surface area contributed by atoms with Crippen molar-refractivity contribution in [1.82, 2.24) is 4.98 Å². The SMILES string of the molecule is Cc1nc(-c2ccc(F)c(C)c2)c(CCN)o1. The van der Waals surface area contributed by atoms with Crippen LogP contribution in [0.5, 0.6) is 0 Å². The van der Waals surface area contributed by atoms with E-state index in [2.05, 4.69) is 4.98 Å². The number of hydrogen-bond donors (Lipinski definition) is 1. The predicted molar refractivity (Wildman–Crippen MR) is 64.1 cm³/mol. The van der Waals surface area contributed by atoms with E-state index in [1.807, 2.05) is 0 Å². The maximum atomic E-state index is 13.2. The fraction of sp³-hybridized carbons (Fsp3) is 0.308. The van der Waals surface area contributed by atoms with E-state index in [1.165, 1.54) is 6.07 Å². The normalized spacial score (nSPS) is 10.8. The summed E-state index contributed by atoms with van der Waals surface area (Å²) in [5.41, 5.74) is 7.75. The molecule has 0 bridgehead atoms. The summed E-state index contributed by atoms with van der Waals surface area (Å²) < 4.78 is 18.7. The fourth-order valence-electron chi connectivity index (χ4n) is 1.79. The molecule has 3 nitrogen and oxygen atoms in total. The predicted octanol–water partition coefficient (Wildman–Crippen LogP) is 2.60. The smallest absolute Gasteiger partial charge is 0.191 e. The van der Waals surface area contributed by atoms with Crippen LogP contribution in [0.25, 0.3) is 11.3 Å². The first-order valence-electron chi connectivity index (χ1n) is 5.54. The van der Waals surface area contributed by atoms with Crippen LogP contribution in [-0.4, -0.2) is 11.5 Å². The Labute approximate surface area is 99.5 Å². The molecule has 1 aromatic heterocycles. The number of rotatable bonds is 3. The lowest BCUT2D eigenvalue weighted by Crippen LogP contribution is -2.02. The van der Waals surface area contributed by atoms with Crippen LogP contribution in [-0.2, 0) is 6.42 Å². The molecular formula is C13H15FN2O. The maximum absolute atomic E-state index is 13.2. The molecular weight excluding hydrogens is 219 g/mol. The summed E-state index contributed by atoms with van der Waals surface area (Å²) in [5, 5.41) is 0. The van der Waals surface area contributed by atoms with Crippen molar-refractivity contribution in [3.63, 3.8) is 0 Å². The van der Waals surface area contributed by atoms with Crippen LogP contribution in [0.4, 0.5) is 4.39 Å². The van der Waals surface area contributed by atoms with Gasteiger partial charge in [0.25, 0.3) is 0 Å². The highest BCUT2D eigenvalue weighted by atomic mass is 19.1. The molecule has 0 amide bonds. The van der Waals surface area contributed by atoms with E-state index in [-0.39, 0.29) is 5.82 Å². The number of nitrogens with two attached hydrogens (primary N) is 1. The third-order valence-corrected chi connectivity index (χ3v) is 2.61. The number of aryl methyl sites for hydroxylation is 2. The molecule has 17 heavy (non-hydrogen) atoms. The van der Waals surface area contributed by atoms with Gasteiger partial charge in [0.2, 0.25) is 0 Å². The zero-order valence-corrected chi connectivity index (χ0v) is 9.96. The molecule has 1 aromatic carbocycles. The number of hydrogen-bond acceptors (Lipinski definition) is 3. The van der Waals surface area contributed by atoms with E-state index in [9.17, 15) is 4.39 Å². The van der Waals surface area contributed by atoms with Gasteiger partial charge in [-0.3, -0.25) is 0 Å². The van der Waals surface area contributed by atoms with Crippen molar-refractivity contribution >= 4 is 0 Å². The first kappa shape index (κ1) is 11.8. The van der Waals surface area contributed by atoms with Crippen molar-refractivity contribution in [1.29, 1.82) is 0 Å².